The normalized spacial score (nSPS) is 17.8. The van der Waals surface area contributed by atoms with Gasteiger partial charge in [0.2, 0.25) is 5.82 Å². The van der Waals surface area contributed by atoms with Gasteiger partial charge in [-0.05, 0) is 97.2 Å². The van der Waals surface area contributed by atoms with Gasteiger partial charge in [-0.1, -0.05) is 63.1 Å². The van der Waals surface area contributed by atoms with Crippen molar-refractivity contribution in [2.75, 3.05) is 6.61 Å². The van der Waals surface area contributed by atoms with Crippen LogP contribution in [0, 0.1) is 23.4 Å². The van der Waals surface area contributed by atoms with E-state index in [1.807, 2.05) is 30.3 Å². The van der Waals surface area contributed by atoms with E-state index in [9.17, 15) is 13.2 Å². The van der Waals surface area contributed by atoms with Crippen LogP contribution in [0.25, 0.3) is 11.1 Å². The maximum Gasteiger partial charge on any atom is 0.201 e. The lowest BCUT2D eigenvalue weighted by Crippen LogP contribution is -2.20. The van der Waals surface area contributed by atoms with Crippen LogP contribution in [0.1, 0.15) is 81.4 Å². The van der Waals surface area contributed by atoms with Gasteiger partial charge in [-0.3, -0.25) is 0 Å². The number of benzene rings is 3. The lowest BCUT2D eigenvalue weighted by Gasteiger charge is -2.29. The Morgan fingerprint density at radius 2 is 1.53 bits per heavy atom. The first kappa shape index (κ1) is 26.3. The number of aryl methyl sites for hydroxylation is 2. The number of halogens is 3. The van der Waals surface area contributed by atoms with Gasteiger partial charge in [-0.15, -0.1) is 0 Å². The first-order valence-electron chi connectivity index (χ1n) is 13.5. The van der Waals surface area contributed by atoms with E-state index >= 15 is 0 Å². The highest BCUT2D eigenvalue weighted by Crippen LogP contribution is 2.37. The third-order valence-corrected chi connectivity index (χ3v) is 7.52. The van der Waals surface area contributed by atoms with Gasteiger partial charge in [-0.25, -0.2) is 8.78 Å². The lowest BCUT2D eigenvalue weighted by atomic mass is 9.79. The lowest BCUT2D eigenvalue weighted by molar-refractivity contribution is 0.192. The van der Waals surface area contributed by atoms with Crippen LogP contribution >= 0.6 is 0 Å². The van der Waals surface area contributed by atoms with Gasteiger partial charge >= 0.3 is 0 Å². The molecule has 1 saturated carbocycles. The fourth-order valence-electron chi connectivity index (χ4n) is 5.26. The summed E-state index contributed by atoms with van der Waals surface area (Å²) in [6.45, 7) is 4.58. The second-order valence-corrected chi connectivity index (χ2v) is 10.2. The highest BCUT2D eigenvalue weighted by Gasteiger charge is 2.24. The molecule has 1 aliphatic carbocycles. The quantitative estimate of drug-likeness (QED) is 0.273. The molecule has 1 nitrogen and oxygen atoms in total. The molecule has 0 N–H and O–H groups in total. The van der Waals surface area contributed by atoms with Crippen molar-refractivity contribution < 1.29 is 17.9 Å². The summed E-state index contributed by atoms with van der Waals surface area (Å²) in [5.41, 5.74) is 3.96. The zero-order chi connectivity index (χ0) is 25.5. The van der Waals surface area contributed by atoms with Crippen molar-refractivity contribution in [3.8, 4) is 16.9 Å². The molecule has 0 spiro atoms. The summed E-state index contributed by atoms with van der Waals surface area (Å²) in [4.78, 5) is 0. The van der Waals surface area contributed by atoms with Gasteiger partial charge in [0.25, 0.3) is 0 Å². The number of hydrogen-bond donors (Lipinski definition) is 0. The smallest absolute Gasteiger partial charge is 0.201 e. The molecule has 0 amide bonds. The Morgan fingerprint density at radius 3 is 2.19 bits per heavy atom. The van der Waals surface area contributed by atoms with Crippen LogP contribution in [0.15, 0.2) is 54.6 Å². The van der Waals surface area contributed by atoms with Gasteiger partial charge in [0, 0.05) is 5.56 Å². The predicted molar refractivity (Wildman–Crippen MR) is 141 cm³/mol. The molecule has 0 unspecified atom stereocenters. The molecule has 36 heavy (non-hydrogen) atoms. The van der Waals surface area contributed by atoms with Crippen molar-refractivity contribution in [1.82, 2.24) is 0 Å². The van der Waals surface area contributed by atoms with Gasteiger partial charge < -0.3 is 4.74 Å². The Morgan fingerprint density at radius 1 is 0.778 bits per heavy atom. The van der Waals surface area contributed by atoms with E-state index in [2.05, 4.69) is 19.9 Å². The fraction of sp³-hybridized carbons (Fsp3) is 0.438. The molecular formula is C32H37F3O. The average Bonchev–Trinajstić information content (AvgIpc) is 2.90. The van der Waals surface area contributed by atoms with E-state index in [1.54, 1.807) is 12.1 Å². The minimum atomic E-state index is -0.933. The first-order chi connectivity index (χ1) is 17.5. The van der Waals surface area contributed by atoms with Crippen molar-refractivity contribution in [3.05, 3.63) is 88.7 Å². The molecule has 1 aliphatic rings. The molecule has 1 fully saturated rings. The van der Waals surface area contributed by atoms with Crippen LogP contribution in [0.5, 0.6) is 5.75 Å². The van der Waals surface area contributed by atoms with Crippen molar-refractivity contribution in [2.24, 2.45) is 5.92 Å². The summed E-state index contributed by atoms with van der Waals surface area (Å²) in [6, 6.07) is 16.5. The largest absolute Gasteiger partial charge is 0.490 e. The Hall–Kier alpha value is -2.75. The van der Waals surface area contributed by atoms with Crippen LogP contribution < -0.4 is 4.74 Å². The molecular weight excluding hydrogens is 457 g/mol. The van der Waals surface area contributed by atoms with Crippen LogP contribution in [0.2, 0.25) is 0 Å². The maximum atomic E-state index is 14.8. The van der Waals surface area contributed by atoms with Crippen LogP contribution in [-0.4, -0.2) is 6.61 Å². The zero-order valence-electron chi connectivity index (χ0n) is 21.5. The highest BCUT2D eigenvalue weighted by atomic mass is 19.2. The molecule has 0 bridgehead atoms. The van der Waals surface area contributed by atoms with Gasteiger partial charge in [0.05, 0.1) is 6.61 Å². The average molecular weight is 495 g/mol. The monoisotopic (exact) mass is 494 g/mol. The van der Waals surface area contributed by atoms with Gasteiger partial charge in [0.1, 0.15) is 5.82 Å². The van der Waals surface area contributed by atoms with Crippen LogP contribution in [0.3, 0.4) is 0 Å². The van der Waals surface area contributed by atoms with Crippen molar-refractivity contribution in [2.45, 2.75) is 77.6 Å². The number of ether oxygens (including phenoxy) is 1. The standard InChI is InChI=1S/C32H37F3O/c1-3-5-7-26-16-17-27(20-29(26)33)24-12-10-23(11-13-24)21-36-30-19-18-28(31(34)32(30)35)25-14-8-22(6-4-2)9-15-25/h8-9,14-20,23-24H,3-7,10-13,21H2,1-2H3. The van der Waals surface area contributed by atoms with Crippen molar-refractivity contribution in [3.63, 3.8) is 0 Å². The molecule has 4 rings (SSSR count). The summed E-state index contributed by atoms with van der Waals surface area (Å²) >= 11 is 0. The number of hydrogen-bond acceptors (Lipinski definition) is 1. The molecule has 4 heteroatoms. The molecule has 0 heterocycles. The molecule has 0 atom stereocenters. The van der Waals surface area contributed by atoms with E-state index in [1.165, 1.54) is 11.6 Å². The molecule has 3 aromatic carbocycles. The number of rotatable bonds is 10. The molecule has 0 saturated heterocycles. The molecule has 0 aliphatic heterocycles. The summed E-state index contributed by atoms with van der Waals surface area (Å²) in [5.74, 6) is -1.31. The molecule has 3 aromatic rings. The minimum absolute atomic E-state index is 0.0364. The van der Waals surface area contributed by atoms with E-state index in [4.69, 9.17) is 4.74 Å². The Kier molecular flexibility index (Phi) is 9.12. The van der Waals surface area contributed by atoms with E-state index < -0.39 is 11.6 Å². The van der Waals surface area contributed by atoms with Crippen LogP contribution in [-0.2, 0) is 12.8 Å². The third-order valence-electron chi connectivity index (χ3n) is 7.52. The molecule has 0 radical (unpaired) electrons. The zero-order valence-corrected chi connectivity index (χ0v) is 21.5. The predicted octanol–water partition coefficient (Wildman–Crippen LogP) is 9.42. The topological polar surface area (TPSA) is 9.23 Å². The Bertz CT molecular complexity index is 1130. The Labute approximate surface area is 213 Å². The highest BCUT2D eigenvalue weighted by molar-refractivity contribution is 5.65. The minimum Gasteiger partial charge on any atom is -0.490 e. The first-order valence-corrected chi connectivity index (χ1v) is 13.5. The van der Waals surface area contributed by atoms with Crippen LogP contribution in [0.4, 0.5) is 13.2 Å². The van der Waals surface area contributed by atoms with Gasteiger partial charge in [-0.2, -0.15) is 4.39 Å². The van der Waals surface area contributed by atoms with E-state index in [0.29, 0.717) is 18.1 Å². The maximum absolute atomic E-state index is 14.8. The fourth-order valence-corrected chi connectivity index (χ4v) is 5.26. The number of unbranched alkanes of at least 4 members (excludes halogenated alkanes) is 1. The van der Waals surface area contributed by atoms with Gasteiger partial charge in [0.15, 0.2) is 11.6 Å². The van der Waals surface area contributed by atoms with E-state index in [-0.39, 0.29) is 23.0 Å². The van der Waals surface area contributed by atoms with Crippen molar-refractivity contribution >= 4 is 0 Å². The Balaban J connectivity index is 1.32. The summed E-state index contributed by atoms with van der Waals surface area (Å²) in [7, 11) is 0. The summed E-state index contributed by atoms with van der Waals surface area (Å²) in [6.07, 6.45) is 8.61. The van der Waals surface area contributed by atoms with E-state index in [0.717, 1.165) is 68.9 Å². The SMILES string of the molecule is CCCCc1ccc(C2CCC(COc3ccc(-c4ccc(CCC)cc4)c(F)c3F)CC2)cc1F. The summed E-state index contributed by atoms with van der Waals surface area (Å²) < 4.78 is 49.9. The summed E-state index contributed by atoms with van der Waals surface area (Å²) in [5, 5.41) is 0. The third kappa shape index (κ3) is 6.32. The second-order valence-electron chi connectivity index (χ2n) is 10.2. The molecule has 192 valence electrons. The van der Waals surface area contributed by atoms with Crippen molar-refractivity contribution in [1.29, 1.82) is 0 Å². The second kappa shape index (κ2) is 12.5. The molecule has 0 aromatic heterocycles.